The zero-order chi connectivity index (χ0) is 46.3. The van der Waals surface area contributed by atoms with Crippen molar-refractivity contribution in [1.29, 1.82) is 0 Å². The van der Waals surface area contributed by atoms with E-state index in [0.29, 0.717) is 52.9 Å². The number of likely N-dealkylation sites (tertiary alicyclic amines) is 1. The Morgan fingerprint density at radius 1 is 0.800 bits per heavy atom. The van der Waals surface area contributed by atoms with E-state index in [1.807, 2.05) is 62.9 Å². The van der Waals surface area contributed by atoms with Gasteiger partial charge in [-0.1, -0.05) is 71.1 Å². The van der Waals surface area contributed by atoms with Gasteiger partial charge in [-0.15, -0.1) is 0 Å². The highest BCUT2D eigenvalue weighted by Crippen LogP contribution is 2.59. The number of ether oxygens (including phenoxy) is 2. The minimum atomic E-state index is -3.27. The van der Waals surface area contributed by atoms with E-state index in [1.54, 1.807) is 29.3 Å². The van der Waals surface area contributed by atoms with Crippen LogP contribution < -0.4 is 10.6 Å². The maximum Gasteiger partial charge on any atom is 0.407 e. The molecule has 3 fully saturated rings. The van der Waals surface area contributed by atoms with Crippen molar-refractivity contribution in [3.05, 3.63) is 83.3 Å². The molecule has 3 aliphatic heterocycles. The molecule has 1 saturated carbocycles. The quantitative estimate of drug-likeness (QED) is 0.134. The molecule has 13 nitrogen and oxygen atoms in total. The lowest BCUT2D eigenvalue weighted by Gasteiger charge is -2.31. The van der Waals surface area contributed by atoms with Crippen LogP contribution in [0.3, 0.4) is 0 Å². The molecule has 1 aromatic heterocycles. The molecule has 4 aromatic rings. The number of carbonyl (C=O) groups is 4. The molecule has 3 N–H and O–H groups in total. The predicted molar refractivity (Wildman–Crippen MR) is 246 cm³/mol. The average Bonchev–Trinajstić information content (AvgIpc) is 3.73. The summed E-state index contributed by atoms with van der Waals surface area (Å²) in [5, 5.41) is 5.44. The van der Waals surface area contributed by atoms with Crippen molar-refractivity contribution in [2.24, 2.45) is 22.2 Å². The third-order valence-corrected chi connectivity index (χ3v) is 16.9. The summed E-state index contributed by atoms with van der Waals surface area (Å²) in [6, 6.07) is 15.0. The molecule has 0 bridgehead atoms. The van der Waals surface area contributed by atoms with Gasteiger partial charge in [-0.3, -0.25) is 14.6 Å². The first kappa shape index (κ1) is 44.3. The van der Waals surface area contributed by atoms with Crippen LogP contribution in [0.2, 0.25) is 19.1 Å². The molecule has 65 heavy (non-hydrogen) atoms. The number of imidazole rings is 1. The summed E-state index contributed by atoms with van der Waals surface area (Å²) >= 11 is 0. The first-order valence-corrected chi connectivity index (χ1v) is 26.0. The van der Waals surface area contributed by atoms with Gasteiger partial charge in [0.15, 0.2) is 0 Å². The van der Waals surface area contributed by atoms with Gasteiger partial charge in [-0.05, 0) is 94.6 Å². The molecule has 1 spiro atoms. The monoisotopic (exact) mass is 905 g/mol. The molecule has 342 valence electrons. The van der Waals surface area contributed by atoms with Gasteiger partial charge in [0, 0.05) is 41.5 Å². The Kier molecular flexibility index (Phi) is 11.0. The molecule has 5 aliphatic rings. The van der Waals surface area contributed by atoms with Crippen LogP contribution in [0, 0.1) is 17.3 Å². The van der Waals surface area contributed by atoms with Gasteiger partial charge in [-0.2, -0.15) is 8.78 Å². The lowest BCUT2D eigenvalue weighted by atomic mass is 9.95. The summed E-state index contributed by atoms with van der Waals surface area (Å²) < 4.78 is 43.0. The number of hydrogen-bond acceptors (Lipinski definition) is 8. The third-order valence-electron chi connectivity index (χ3n) is 14.2. The number of aromatic nitrogens is 2. The molecular weight excluding hydrogens is 849 g/mol. The number of methoxy groups -OCH3 is 2. The molecule has 4 amide bonds. The number of rotatable bonds is 10. The lowest BCUT2D eigenvalue weighted by molar-refractivity contribution is -0.136. The van der Waals surface area contributed by atoms with Gasteiger partial charge >= 0.3 is 12.2 Å². The number of carbonyl (C=O) groups excluding carboxylic acids is 4. The fraction of sp³-hybridized carbons (Fsp3) is 0.469. The number of hydrogen-bond donors (Lipinski definition) is 3. The number of aromatic amines is 1. The van der Waals surface area contributed by atoms with Gasteiger partial charge in [0.1, 0.15) is 17.9 Å². The highest BCUT2D eigenvalue weighted by molar-refractivity contribution is 6.79. The number of alkyl carbamates (subject to hydrolysis) is 2. The largest absolute Gasteiger partial charge is 0.453 e. The standard InChI is InChI=1S/C49H57F2N7O6Si/c1-26(2)41(55-46(61)63-5)44(59)57-24-48(15-16-48)21-39(57)43-52-22-38(54-43)30-10-13-33-32-12-9-29(18-34(32)49(50,51)35(33)19-30)28-11-14-36-31(17-28)20-37(53-36)40-23-65(7,8)25-58(40)45(60)42(27(3)4)56-47(62)64-6/h9-14,17-19,22,26-27,39-42H,15-16,20-21,23-25H2,1-8H3,(H,52,54)(H,55,61)(H,56,62)/t39-,40-,41-,42+/m0/s1. The minimum Gasteiger partial charge on any atom is -0.453 e. The maximum atomic E-state index is 16.7. The van der Waals surface area contributed by atoms with Crippen molar-refractivity contribution in [1.82, 2.24) is 30.4 Å². The summed E-state index contributed by atoms with van der Waals surface area (Å²) in [4.78, 5) is 69.1. The number of H-pyrrole nitrogens is 1. The van der Waals surface area contributed by atoms with Gasteiger partial charge in [-0.25, -0.2) is 14.6 Å². The van der Waals surface area contributed by atoms with Crippen LogP contribution >= 0.6 is 0 Å². The minimum absolute atomic E-state index is 0.0126. The smallest absolute Gasteiger partial charge is 0.407 e. The highest BCUT2D eigenvalue weighted by Gasteiger charge is 2.55. The van der Waals surface area contributed by atoms with E-state index in [2.05, 4.69) is 28.7 Å². The van der Waals surface area contributed by atoms with Crippen LogP contribution in [0.5, 0.6) is 0 Å². The van der Waals surface area contributed by atoms with Crippen LogP contribution in [0.1, 0.15) is 75.5 Å². The Hall–Kier alpha value is -5.90. The predicted octanol–water partition coefficient (Wildman–Crippen LogP) is 8.77. The Morgan fingerprint density at radius 3 is 1.97 bits per heavy atom. The lowest BCUT2D eigenvalue weighted by Crippen LogP contribution is -2.54. The molecule has 4 atom stereocenters. The second-order valence-electron chi connectivity index (χ2n) is 20.2. The second-order valence-corrected chi connectivity index (χ2v) is 25.2. The van der Waals surface area contributed by atoms with E-state index in [-0.39, 0.29) is 52.3 Å². The number of alkyl halides is 2. The van der Waals surface area contributed by atoms with Crippen LogP contribution in [-0.2, 0) is 31.4 Å². The van der Waals surface area contributed by atoms with Crippen molar-refractivity contribution in [2.45, 2.75) is 103 Å². The summed E-state index contributed by atoms with van der Waals surface area (Å²) in [6.07, 6.45) is 4.24. The van der Waals surface area contributed by atoms with E-state index in [0.717, 1.165) is 47.8 Å². The van der Waals surface area contributed by atoms with Crippen molar-refractivity contribution in [3.8, 4) is 33.5 Å². The first-order valence-electron chi connectivity index (χ1n) is 22.6. The van der Waals surface area contributed by atoms with E-state index >= 15 is 8.78 Å². The van der Waals surface area contributed by atoms with E-state index in [4.69, 9.17) is 19.5 Å². The Morgan fingerprint density at radius 2 is 1.37 bits per heavy atom. The molecule has 2 saturated heterocycles. The number of halogens is 2. The van der Waals surface area contributed by atoms with Gasteiger partial charge in [0.25, 0.3) is 5.92 Å². The Labute approximate surface area is 378 Å². The number of nitrogens with zero attached hydrogens (tertiary/aromatic N) is 4. The molecule has 9 rings (SSSR count). The SMILES string of the molecule is COC(=O)N[C@H](C(=O)N1CC2(CC2)C[C@H]1c1ncc(-c2ccc3c(c2)C(F)(F)c2cc(-c4ccc5c(c4)CC([C@@H]4C[Si](C)(C)CN4C(=O)[C@H](NC(=O)OC)C(C)C)=N5)ccc2-3)[nH]1)C(C)C. The van der Waals surface area contributed by atoms with E-state index < -0.39 is 38.3 Å². The maximum absolute atomic E-state index is 16.7. The van der Waals surface area contributed by atoms with Gasteiger partial charge < -0.3 is 34.9 Å². The zero-order valence-corrected chi connectivity index (χ0v) is 39.2. The van der Waals surface area contributed by atoms with Crippen LogP contribution in [0.15, 0.2) is 65.8 Å². The molecule has 16 heteroatoms. The van der Waals surface area contributed by atoms with Crippen molar-refractivity contribution < 1.29 is 37.4 Å². The topological polar surface area (TPSA) is 158 Å². The number of fused-ring (bicyclic) bond motifs is 4. The van der Waals surface area contributed by atoms with Crippen LogP contribution in [-0.4, -0.2) is 103 Å². The summed E-state index contributed by atoms with van der Waals surface area (Å²) in [6.45, 7) is 12.6. The summed E-state index contributed by atoms with van der Waals surface area (Å²) in [5.41, 5.74) is 6.07. The zero-order valence-electron chi connectivity index (χ0n) is 38.2. The molecule has 4 heterocycles. The number of aliphatic imine (C=N–C) groups is 1. The second kappa shape index (κ2) is 16.2. The average molecular weight is 906 g/mol. The highest BCUT2D eigenvalue weighted by atomic mass is 28.3. The Bertz CT molecular complexity index is 2640. The van der Waals surface area contributed by atoms with Crippen LogP contribution in [0.25, 0.3) is 33.5 Å². The fourth-order valence-corrected chi connectivity index (χ4v) is 13.4. The number of amides is 4. The molecule has 3 aromatic carbocycles. The third kappa shape index (κ3) is 8.01. The molecule has 0 radical (unpaired) electrons. The number of nitrogens with one attached hydrogen (secondary N) is 3. The molecule has 0 unspecified atom stereocenters. The first-order chi connectivity index (χ1) is 30.8. The van der Waals surface area contributed by atoms with Crippen molar-refractivity contribution in [2.75, 3.05) is 26.9 Å². The number of benzene rings is 3. The van der Waals surface area contributed by atoms with E-state index in [9.17, 15) is 19.2 Å². The summed E-state index contributed by atoms with van der Waals surface area (Å²) in [5.74, 6) is -3.37. The van der Waals surface area contributed by atoms with Crippen LogP contribution in [0.4, 0.5) is 24.1 Å². The van der Waals surface area contributed by atoms with Gasteiger partial charge in [0.2, 0.25) is 11.8 Å². The fourth-order valence-electron chi connectivity index (χ4n) is 10.4. The van der Waals surface area contributed by atoms with Gasteiger partial charge in [0.05, 0.1) is 52.0 Å². The normalized spacial score (nSPS) is 21.4. The summed E-state index contributed by atoms with van der Waals surface area (Å²) in [7, 11) is 0.734. The molecule has 2 aliphatic carbocycles. The van der Waals surface area contributed by atoms with Crippen molar-refractivity contribution in [3.63, 3.8) is 0 Å². The Balaban J connectivity index is 0.931. The van der Waals surface area contributed by atoms with E-state index in [1.165, 1.54) is 20.3 Å². The molecular formula is C49H57F2N7O6Si. The van der Waals surface area contributed by atoms with Crippen molar-refractivity contribution >= 4 is 43.5 Å².